The first-order chi connectivity index (χ1) is 12.1. The lowest BCUT2D eigenvalue weighted by atomic mass is 10.0. The number of nitrogens with two attached hydrogens (primary N) is 1. The number of rotatable bonds is 7. The Balaban J connectivity index is 1.49. The van der Waals surface area contributed by atoms with Crippen LogP contribution in [-0.2, 0) is 16.1 Å². The van der Waals surface area contributed by atoms with Crippen molar-refractivity contribution in [3.63, 3.8) is 0 Å². The number of carbonyl (C=O) groups excluding carboxylic acids is 2. The molecule has 0 aromatic carbocycles. The van der Waals surface area contributed by atoms with Crippen molar-refractivity contribution in [3.8, 4) is 0 Å². The average molecular weight is 381 g/mol. The highest BCUT2D eigenvalue weighted by Gasteiger charge is 2.30. The van der Waals surface area contributed by atoms with Gasteiger partial charge in [-0.3, -0.25) is 9.59 Å². The molecule has 0 saturated carbocycles. The van der Waals surface area contributed by atoms with Crippen molar-refractivity contribution in [3.05, 3.63) is 24.2 Å². The van der Waals surface area contributed by atoms with Crippen molar-refractivity contribution in [2.45, 2.75) is 36.2 Å². The molecule has 1 aliphatic rings. The van der Waals surface area contributed by atoms with Crippen LogP contribution in [0.2, 0.25) is 0 Å². The van der Waals surface area contributed by atoms with Crippen LogP contribution in [0.1, 0.15) is 25.0 Å². The van der Waals surface area contributed by atoms with Gasteiger partial charge in [-0.1, -0.05) is 23.1 Å². The minimum Gasteiger partial charge on any atom is -0.467 e. The zero-order chi connectivity index (χ0) is 17.6. The molecule has 2 amide bonds. The van der Waals surface area contributed by atoms with Gasteiger partial charge < -0.3 is 20.4 Å². The number of hydrogen-bond acceptors (Lipinski definition) is 8. The van der Waals surface area contributed by atoms with Gasteiger partial charge in [0.1, 0.15) is 11.8 Å². The summed E-state index contributed by atoms with van der Waals surface area (Å²) in [4.78, 5) is 25.5. The molecular weight excluding hydrogens is 362 g/mol. The summed E-state index contributed by atoms with van der Waals surface area (Å²) in [6.45, 7) is 1.11. The lowest BCUT2D eigenvalue weighted by molar-refractivity contribution is -0.138. The van der Waals surface area contributed by atoms with E-state index in [1.165, 1.54) is 23.1 Å². The van der Waals surface area contributed by atoms with Crippen LogP contribution < -0.4 is 11.1 Å². The summed E-state index contributed by atoms with van der Waals surface area (Å²) in [6, 6.07) is 3.21. The van der Waals surface area contributed by atoms with E-state index in [0.29, 0.717) is 29.0 Å². The Morgan fingerprint density at radius 2 is 2.32 bits per heavy atom. The van der Waals surface area contributed by atoms with E-state index in [4.69, 9.17) is 10.2 Å². The molecule has 1 aliphatic heterocycles. The Kier molecular flexibility index (Phi) is 5.92. The quantitative estimate of drug-likeness (QED) is 0.702. The third-order valence-corrected chi connectivity index (χ3v) is 5.87. The first-order valence-electron chi connectivity index (χ1n) is 7.95. The third-order valence-electron chi connectivity index (χ3n) is 3.87. The second kappa shape index (κ2) is 8.34. The Hall–Kier alpha value is -2.07. The van der Waals surface area contributed by atoms with Gasteiger partial charge in [0.2, 0.25) is 16.9 Å². The number of aromatic nitrogens is 2. The van der Waals surface area contributed by atoms with E-state index in [1.807, 2.05) is 12.1 Å². The molecule has 1 atom stereocenters. The van der Waals surface area contributed by atoms with Crippen LogP contribution in [-0.4, -0.2) is 45.3 Å². The van der Waals surface area contributed by atoms with E-state index in [9.17, 15) is 9.59 Å². The summed E-state index contributed by atoms with van der Waals surface area (Å²) in [7, 11) is 0. The second-order valence-corrected chi connectivity index (χ2v) is 7.80. The molecule has 2 aromatic rings. The van der Waals surface area contributed by atoms with Crippen molar-refractivity contribution in [2.75, 3.05) is 17.6 Å². The highest BCUT2D eigenvalue weighted by Crippen LogP contribution is 2.27. The predicted molar refractivity (Wildman–Crippen MR) is 95.2 cm³/mol. The zero-order valence-corrected chi connectivity index (χ0v) is 15.1. The van der Waals surface area contributed by atoms with Gasteiger partial charge in [-0.15, -0.1) is 10.2 Å². The lowest BCUT2D eigenvalue weighted by Crippen LogP contribution is -2.51. The molecule has 25 heavy (non-hydrogen) atoms. The molecule has 0 aliphatic carbocycles. The largest absolute Gasteiger partial charge is 0.467 e. The van der Waals surface area contributed by atoms with Crippen molar-refractivity contribution < 1.29 is 14.0 Å². The number of likely N-dealkylation sites (tertiary alicyclic amines) is 1. The molecule has 134 valence electrons. The summed E-state index contributed by atoms with van der Waals surface area (Å²) in [5, 5.41) is 11.9. The van der Waals surface area contributed by atoms with Crippen LogP contribution in [0.15, 0.2) is 27.2 Å². The standard InChI is InChI=1S/C15H19N5O3S2/c16-13(22)11-5-1-2-6-20(11)12(21)9-24-15-19-18-14(25-15)17-8-10-4-3-7-23-10/h3-4,7,11H,1-2,5-6,8-9H2,(H2,16,22)(H,17,18)/t11-/m1/s1. The van der Waals surface area contributed by atoms with E-state index in [0.717, 1.165) is 18.6 Å². The van der Waals surface area contributed by atoms with E-state index in [2.05, 4.69) is 15.5 Å². The van der Waals surface area contributed by atoms with E-state index in [1.54, 1.807) is 11.2 Å². The minimum absolute atomic E-state index is 0.0891. The number of thioether (sulfide) groups is 1. The van der Waals surface area contributed by atoms with E-state index >= 15 is 0 Å². The number of nitrogens with zero attached hydrogens (tertiary/aromatic N) is 3. The Morgan fingerprint density at radius 1 is 1.44 bits per heavy atom. The first-order valence-corrected chi connectivity index (χ1v) is 9.75. The monoisotopic (exact) mass is 381 g/mol. The topological polar surface area (TPSA) is 114 Å². The molecule has 0 unspecified atom stereocenters. The van der Waals surface area contributed by atoms with Gasteiger partial charge in [0.25, 0.3) is 0 Å². The van der Waals surface area contributed by atoms with Crippen molar-refractivity contribution in [2.24, 2.45) is 5.73 Å². The molecule has 1 fully saturated rings. The Bertz CT molecular complexity index is 719. The van der Waals surface area contributed by atoms with Crippen LogP contribution in [0.5, 0.6) is 0 Å². The highest BCUT2D eigenvalue weighted by molar-refractivity contribution is 8.01. The molecule has 1 saturated heterocycles. The number of primary amides is 1. The smallest absolute Gasteiger partial charge is 0.240 e. The number of hydrogen-bond donors (Lipinski definition) is 2. The lowest BCUT2D eigenvalue weighted by Gasteiger charge is -2.33. The van der Waals surface area contributed by atoms with E-state index in [-0.39, 0.29) is 11.7 Å². The van der Waals surface area contributed by atoms with Crippen LogP contribution in [0.3, 0.4) is 0 Å². The van der Waals surface area contributed by atoms with Gasteiger partial charge in [-0.2, -0.15) is 0 Å². The predicted octanol–water partition coefficient (Wildman–Crippen LogP) is 1.70. The fourth-order valence-corrected chi connectivity index (χ4v) is 4.28. The van der Waals surface area contributed by atoms with Crippen molar-refractivity contribution in [1.82, 2.24) is 15.1 Å². The van der Waals surface area contributed by atoms with Crippen LogP contribution in [0.25, 0.3) is 0 Å². The number of furan rings is 1. The molecule has 3 N–H and O–H groups in total. The maximum Gasteiger partial charge on any atom is 0.240 e. The molecule has 3 rings (SSSR count). The SMILES string of the molecule is NC(=O)[C@H]1CCCCN1C(=O)CSc1nnc(NCc2ccco2)s1. The van der Waals surface area contributed by atoms with Crippen molar-refractivity contribution >= 4 is 40.0 Å². The second-order valence-electron chi connectivity index (χ2n) is 5.60. The summed E-state index contributed by atoms with van der Waals surface area (Å²) < 4.78 is 5.94. The number of carbonyl (C=O) groups is 2. The molecular formula is C15H19N5O3S2. The van der Waals surface area contributed by atoms with Gasteiger partial charge in [-0.25, -0.2) is 0 Å². The molecule has 3 heterocycles. The molecule has 10 heteroatoms. The number of nitrogens with one attached hydrogen (secondary N) is 1. The van der Waals surface area contributed by atoms with Gasteiger partial charge in [0, 0.05) is 6.54 Å². The number of anilines is 1. The third kappa shape index (κ3) is 4.73. The van der Waals surface area contributed by atoms with Crippen LogP contribution >= 0.6 is 23.1 Å². The van der Waals surface area contributed by atoms with Crippen molar-refractivity contribution in [1.29, 1.82) is 0 Å². The summed E-state index contributed by atoms with van der Waals surface area (Å²) >= 11 is 2.69. The Labute approximate surface area is 153 Å². The minimum atomic E-state index is -0.484. The molecule has 8 nitrogen and oxygen atoms in total. The van der Waals surface area contributed by atoms with E-state index < -0.39 is 11.9 Å². The highest BCUT2D eigenvalue weighted by atomic mass is 32.2. The first kappa shape index (κ1) is 17.7. The molecule has 2 aromatic heterocycles. The molecule has 0 bridgehead atoms. The molecule has 0 spiro atoms. The average Bonchev–Trinajstić information content (AvgIpc) is 3.29. The fourth-order valence-electron chi connectivity index (χ4n) is 2.65. The van der Waals surface area contributed by atoms with Gasteiger partial charge >= 0.3 is 0 Å². The molecule has 0 radical (unpaired) electrons. The van der Waals surface area contributed by atoms with Gasteiger partial charge in [-0.05, 0) is 31.4 Å². The normalized spacial score (nSPS) is 17.4. The summed E-state index contributed by atoms with van der Waals surface area (Å²) in [5.74, 6) is 0.505. The van der Waals surface area contributed by atoms with Gasteiger partial charge in [0.05, 0.1) is 18.6 Å². The summed E-state index contributed by atoms with van der Waals surface area (Å²) in [6.07, 6.45) is 4.08. The zero-order valence-electron chi connectivity index (χ0n) is 13.5. The maximum atomic E-state index is 12.4. The van der Waals surface area contributed by atoms with Crippen LogP contribution in [0.4, 0.5) is 5.13 Å². The number of piperidine rings is 1. The maximum absolute atomic E-state index is 12.4. The Morgan fingerprint density at radius 3 is 3.08 bits per heavy atom. The fraction of sp³-hybridized carbons (Fsp3) is 0.467. The van der Waals surface area contributed by atoms with Gasteiger partial charge in [0.15, 0.2) is 4.34 Å². The summed E-state index contributed by atoms with van der Waals surface area (Å²) in [5.41, 5.74) is 5.40. The number of amides is 2. The van der Waals surface area contributed by atoms with Crippen LogP contribution in [0, 0.1) is 0 Å².